The number of rotatable bonds is 5. The summed E-state index contributed by atoms with van der Waals surface area (Å²) < 4.78 is 15.8. The highest BCUT2D eigenvalue weighted by atomic mass is 35.5. The van der Waals surface area contributed by atoms with Gasteiger partial charge in [0.05, 0.1) is 11.1 Å². The summed E-state index contributed by atoms with van der Waals surface area (Å²) in [6.45, 7) is 8.09. The lowest BCUT2D eigenvalue weighted by Gasteiger charge is -2.38. The Kier molecular flexibility index (Phi) is 7.16. The minimum absolute atomic E-state index is 0.0160. The van der Waals surface area contributed by atoms with E-state index in [1.807, 2.05) is 6.07 Å². The number of hydrogen-bond acceptors (Lipinski definition) is 4. The van der Waals surface area contributed by atoms with Gasteiger partial charge in [-0.3, -0.25) is 9.59 Å². The van der Waals surface area contributed by atoms with Gasteiger partial charge in [-0.15, -0.1) is 0 Å². The first-order chi connectivity index (χ1) is 17.5. The number of carbonyl (C=O) groups excluding carboxylic acids is 2. The zero-order chi connectivity index (χ0) is 26.5. The van der Waals surface area contributed by atoms with Crippen molar-refractivity contribution >= 4 is 40.6 Å². The number of benzene rings is 2. The number of ketones is 1. The summed E-state index contributed by atoms with van der Waals surface area (Å²) in [4.78, 5) is 28.2. The van der Waals surface area contributed by atoms with Gasteiger partial charge < -0.3 is 16.0 Å². The zero-order valence-electron chi connectivity index (χ0n) is 21.5. The fourth-order valence-electron chi connectivity index (χ4n) is 6.70. The van der Waals surface area contributed by atoms with Gasteiger partial charge in [0.25, 0.3) is 0 Å². The number of amides is 1. The van der Waals surface area contributed by atoms with Crippen LogP contribution in [0.2, 0.25) is 10.0 Å². The van der Waals surface area contributed by atoms with Gasteiger partial charge in [-0.2, -0.15) is 0 Å². The van der Waals surface area contributed by atoms with Crippen molar-refractivity contribution in [3.8, 4) is 0 Å². The molecular formula is C29H34Cl2FN3O2. The molecule has 2 aromatic carbocycles. The third-order valence-electron chi connectivity index (χ3n) is 8.23. The number of anilines is 1. The zero-order valence-corrected chi connectivity index (χ0v) is 23.0. The van der Waals surface area contributed by atoms with Crippen LogP contribution in [0.4, 0.5) is 10.1 Å². The van der Waals surface area contributed by atoms with Crippen molar-refractivity contribution in [3.05, 3.63) is 63.4 Å². The van der Waals surface area contributed by atoms with E-state index in [1.54, 1.807) is 24.3 Å². The quantitative estimate of drug-likeness (QED) is 0.441. The second-order valence-electron chi connectivity index (χ2n) is 12.0. The summed E-state index contributed by atoms with van der Waals surface area (Å²) in [6.07, 6.45) is 2.85. The van der Waals surface area contributed by atoms with Crippen molar-refractivity contribution < 1.29 is 14.0 Å². The van der Waals surface area contributed by atoms with E-state index in [0.29, 0.717) is 23.6 Å². The Morgan fingerprint density at radius 3 is 2.57 bits per heavy atom. The first-order valence-electron chi connectivity index (χ1n) is 13.1. The van der Waals surface area contributed by atoms with E-state index in [1.165, 1.54) is 6.07 Å². The molecule has 0 aromatic heterocycles. The van der Waals surface area contributed by atoms with Gasteiger partial charge >= 0.3 is 0 Å². The summed E-state index contributed by atoms with van der Waals surface area (Å²) in [5.74, 6) is -1.31. The molecule has 37 heavy (non-hydrogen) atoms. The minimum atomic E-state index is -1.20. The van der Waals surface area contributed by atoms with Crippen LogP contribution < -0.4 is 16.0 Å². The third kappa shape index (κ3) is 4.71. The summed E-state index contributed by atoms with van der Waals surface area (Å²) in [6, 6.07) is 9.05. The lowest BCUT2D eigenvalue weighted by Crippen LogP contribution is -2.49. The van der Waals surface area contributed by atoms with Crippen LogP contribution in [0.25, 0.3) is 0 Å². The normalized spacial score (nSPS) is 27.9. The van der Waals surface area contributed by atoms with Crippen molar-refractivity contribution in [2.24, 2.45) is 11.3 Å². The molecule has 2 aromatic rings. The standard InChI is InChI=1S/C29H34Cl2FN3O2/c1-28(2,3)15-23-29(19-8-7-17(30)14-21(19)34-27(29)37)24(18-5-4-6-20(31)25(18)32)26(35-23)22(36)13-16-9-11-33-12-10-16/h4-8,14,16,23-24,26,33,35H,9-13,15H2,1-3H3,(H,34,37)/t23-,24+,26+,29+/m1/s1. The van der Waals surface area contributed by atoms with E-state index in [4.69, 9.17) is 23.2 Å². The molecule has 198 valence electrons. The van der Waals surface area contributed by atoms with E-state index in [2.05, 4.69) is 36.7 Å². The third-order valence-corrected chi connectivity index (χ3v) is 8.76. The molecule has 3 aliphatic heterocycles. The fraction of sp³-hybridized carbons (Fsp3) is 0.517. The maximum absolute atomic E-state index is 15.8. The molecule has 2 saturated heterocycles. The van der Waals surface area contributed by atoms with Gasteiger partial charge in [0, 0.05) is 29.1 Å². The monoisotopic (exact) mass is 545 g/mol. The Balaban J connectivity index is 1.70. The Bertz CT molecular complexity index is 1220. The summed E-state index contributed by atoms with van der Waals surface area (Å²) in [7, 11) is 0. The largest absolute Gasteiger partial charge is 0.325 e. The van der Waals surface area contributed by atoms with Crippen LogP contribution in [-0.4, -0.2) is 36.9 Å². The first kappa shape index (κ1) is 26.6. The van der Waals surface area contributed by atoms with Crippen molar-refractivity contribution in [2.75, 3.05) is 18.4 Å². The molecule has 5 nitrogen and oxygen atoms in total. The van der Waals surface area contributed by atoms with Gasteiger partial charge in [-0.05, 0) is 73.0 Å². The number of fused-ring (bicyclic) bond motifs is 2. The van der Waals surface area contributed by atoms with E-state index in [-0.39, 0.29) is 33.6 Å². The van der Waals surface area contributed by atoms with E-state index < -0.39 is 29.2 Å². The molecule has 0 unspecified atom stereocenters. The molecule has 2 fully saturated rings. The molecular weight excluding hydrogens is 512 g/mol. The maximum atomic E-state index is 15.8. The number of Topliss-reactive ketones (excluding diaryl/α,β-unsaturated/α-hetero) is 1. The number of carbonyl (C=O) groups is 2. The molecule has 0 saturated carbocycles. The van der Waals surface area contributed by atoms with Gasteiger partial charge in [0.1, 0.15) is 11.2 Å². The number of piperidine rings is 1. The van der Waals surface area contributed by atoms with E-state index in [0.717, 1.165) is 31.5 Å². The predicted molar refractivity (Wildman–Crippen MR) is 146 cm³/mol. The molecule has 1 amide bonds. The van der Waals surface area contributed by atoms with Crippen LogP contribution in [-0.2, 0) is 15.0 Å². The average Bonchev–Trinajstić information content (AvgIpc) is 3.30. The van der Waals surface area contributed by atoms with Crippen molar-refractivity contribution in [1.29, 1.82) is 0 Å². The number of halogens is 3. The highest BCUT2D eigenvalue weighted by Crippen LogP contribution is 2.57. The fourth-order valence-corrected chi connectivity index (χ4v) is 7.06. The number of hydrogen-bond donors (Lipinski definition) is 3. The minimum Gasteiger partial charge on any atom is -0.325 e. The lowest BCUT2D eigenvalue weighted by molar-refractivity contribution is -0.123. The molecule has 3 aliphatic rings. The lowest BCUT2D eigenvalue weighted by atomic mass is 9.62. The van der Waals surface area contributed by atoms with Crippen molar-refractivity contribution in [3.63, 3.8) is 0 Å². The molecule has 0 radical (unpaired) electrons. The van der Waals surface area contributed by atoms with Crippen LogP contribution in [0.3, 0.4) is 0 Å². The molecule has 0 bridgehead atoms. The topological polar surface area (TPSA) is 70.2 Å². The SMILES string of the molecule is CC(C)(C)C[C@H]1N[C@@H](C(=O)CC2CCNCC2)[C@H](c2cccc(Cl)c2F)[C@@]12C(=O)Nc1cc(Cl)ccc12. The van der Waals surface area contributed by atoms with Crippen molar-refractivity contribution in [1.82, 2.24) is 10.6 Å². The van der Waals surface area contributed by atoms with Gasteiger partial charge in [-0.25, -0.2) is 4.39 Å². The second kappa shape index (κ2) is 9.96. The summed E-state index contributed by atoms with van der Waals surface area (Å²) >= 11 is 12.6. The smallest absolute Gasteiger partial charge is 0.237 e. The van der Waals surface area contributed by atoms with Gasteiger partial charge in [0.15, 0.2) is 5.78 Å². The average molecular weight is 547 g/mol. The van der Waals surface area contributed by atoms with Crippen LogP contribution in [0.1, 0.15) is 63.5 Å². The molecule has 0 aliphatic carbocycles. The molecule has 3 N–H and O–H groups in total. The highest BCUT2D eigenvalue weighted by Gasteiger charge is 2.66. The van der Waals surface area contributed by atoms with Crippen LogP contribution in [0, 0.1) is 17.2 Å². The second-order valence-corrected chi connectivity index (χ2v) is 12.8. The van der Waals surface area contributed by atoms with Crippen LogP contribution >= 0.6 is 23.2 Å². The molecule has 5 rings (SSSR count). The highest BCUT2D eigenvalue weighted by molar-refractivity contribution is 6.31. The Morgan fingerprint density at radius 1 is 1.14 bits per heavy atom. The summed E-state index contributed by atoms with van der Waals surface area (Å²) in [5.41, 5.74) is 0.276. The first-order valence-corrected chi connectivity index (χ1v) is 13.8. The van der Waals surface area contributed by atoms with Crippen LogP contribution in [0.5, 0.6) is 0 Å². The van der Waals surface area contributed by atoms with E-state index >= 15 is 4.39 Å². The molecule has 8 heteroatoms. The van der Waals surface area contributed by atoms with Crippen LogP contribution in [0.15, 0.2) is 36.4 Å². The molecule has 4 atom stereocenters. The Labute approximate surface area is 227 Å². The number of nitrogens with one attached hydrogen (secondary N) is 3. The Morgan fingerprint density at radius 2 is 1.86 bits per heavy atom. The van der Waals surface area contributed by atoms with E-state index in [9.17, 15) is 9.59 Å². The van der Waals surface area contributed by atoms with Crippen molar-refractivity contribution in [2.45, 2.75) is 69.9 Å². The predicted octanol–water partition coefficient (Wildman–Crippen LogP) is 5.84. The summed E-state index contributed by atoms with van der Waals surface area (Å²) in [5, 5.41) is 10.4. The molecule has 1 spiro atoms. The molecule has 3 heterocycles. The van der Waals surface area contributed by atoms with Gasteiger partial charge in [-0.1, -0.05) is 62.2 Å². The van der Waals surface area contributed by atoms with Gasteiger partial charge in [0.2, 0.25) is 5.91 Å². The maximum Gasteiger partial charge on any atom is 0.237 e. The Hall–Kier alpha value is -1.99.